The maximum atomic E-state index is 10.1. The SMILES string of the molecule is CCCC(N)CCCCC(=O)O.Cl. The molecule has 0 aromatic carbocycles. The summed E-state index contributed by atoms with van der Waals surface area (Å²) in [4.78, 5) is 10.1. The predicted octanol–water partition coefficient (Wildman–Crippen LogP) is 2.18. The number of carboxylic acid groups (broad SMARTS) is 1. The van der Waals surface area contributed by atoms with Gasteiger partial charge in [-0.1, -0.05) is 19.8 Å². The minimum absolute atomic E-state index is 0. The van der Waals surface area contributed by atoms with E-state index in [-0.39, 0.29) is 24.9 Å². The summed E-state index contributed by atoms with van der Waals surface area (Å²) in [6.45, 7) is 2.11. The summed E-state index contributed by atoms with van der Waals surface area (Å²) in [5.74, 6) is -0.709. The van der Waals surface area contributed by atoms with Gasteiger partial charge in [-0.3, -0.25) is 4.79 Å². The van der Waals surface area contributed by atoms with Gasteiger partial charge in [-0.25, -0.2) is 0 Å². The Bertz CT molecular complexity index is 131. The zero-order valence-electron chi connectivity index (χ0n) is 8.16. The number of unbranched alkanes of at least 4 members (excludes halogenated alkanes) is 1. The molecule has 0 rings (SSSR count). The van der Waals surface area contributed by atoms with Gasteiger partial charge in [-0.2, -0.15) is 0 Å². The Labute approximate surface area is 86.1 Å². The number of rotatable bonds is 7. The third kappa shape index (κ3) is 11.7. The van der Waals surface area contributed by atoms with Crippen LogP contribution in [0, 0.1) is 0 Å². The maximum Gasteiger partial charge on any atom is 0.303 e. The van der Waals surface area contributed by atoms with Crippen LogP contribution in [0.4, 0.5) is 0 Å². The van der Waals surface area contributed by atoms with E-state index in [9.17, 15) is 4.79 Å². The number of carbonyl (C=O) groups is 1. The second-order valence-corrected chi connectivity index (χ2v) is 3.19. The van der Waals surface area contributed by atoms with E-state index in [1.807, 2.05) is 0 Å². The standard InChI is InChI=1S/C9H19NO2.ClH/c1-2-5-8(10)6-3-4-7-9(11)12;/h8H,2-7,10H2,1H3,(H,11,12);1H. The summed E-state index contributed by atoms with van der Waals surface area (Å²) in [7, 11) is 0. The molecule has 0 spiro atoms. The van der Waals surface area contributed by atoms with Gasteiger partial charge >= 0.3 is 5.97 Å². The van der Waals surface area contributed by atoms with E-state index < -0.39 is 5.97 Å². The quantitative estimate of drug-likeness (QED) is 0.632. The lowest BCUT2D eigenvalue weighted by Crippen LogP contribution is -2.19. The molecule has 3 nitrogen and oxygen atoms in total. The normalized spacial score (nSPS) is 11.8. The highest BCUT2D eigenvalue weighted by atomic mass is 35.5. The summed E-state index contributed by atoms with van der Waals surface area (Å²) >= 11 is 0. The minimum Gasteiger partial charge on any atom is -0.481 e. The Hall–Kier alpha value is -0.280. The van der Waals surface area contributed by atoms with Crippen molar-refractivity contribution in [2.45, 2.75) is 51.5 Å². The van der Waals surface area contributed by atoms with E-state index in [2.05, 4.69) is 6.92 Å². The summed E-state index contributed by atoms with van der Waals surface area (Å²) < 4.78 is 0. The van der Waals surface area contributed by atoms with Crippen LogP contribution in [0.1, 0.15) is 45.4 Å². The summed E-state index contributed by atoms with van der Waals surface area (Å²) in [5, 5.41) is 8.35. The molecule has 0 saturated carbocycles. The van der Waals surface area contributed by atoms with E-state index in [0.717, 1.165) is 32.1 Å². The summed E-state index contributed by atoms with van der Waals surface area (Å²) in [6.07, 6.45) is 5.09. The van der Waals surface area contributed by atoms with Crippen molar-refractivity contribution < 1.29 is 9.90 Å². The molecule has 0 aliphatic heterocycles. The van der Waals surface area contributed by atoms with Gasteiger partial charge in [0.05, 0.1) is 0 Å². The Kier molecular flexibility index (Phi) is 11.5. The Morgan fingerprint density at radius 3 is 2.46 bits per heavy atom. The van der Waals surface area contributed by atoms with Crippen LogP contribution >= 0.6 is 12.4 Å². The summed E-state index contributed by atoms with van der Waals surface area (Å²) in [5.41, 5.74) is 5.75. The van der Waals surface area contributed by atoms with Crippen molar-refractivity contribution in [2.24, 2.45) is 5.73 Å². The van der Waals surface area contributed by atoms with Crippen molar-refractivity contribution in [3.63, 3.8) is 0 Å². The zero-order chi connectivity index (χ0) is 9.40. The van der Waals surface area contributed by atoms with Crippen molar-refractivity contribution in [3.05, 3.63) is 0 Å². The third-order valence-electron chi connectivity index (χ3n) is 1.88. The van der Waals surface area contributed by atoms with Gasteiger partial charge < -0.3 is 10.8 Å². The van der Waals surface area contributed by atoms with Crippen LogP contribution in [0.25, 0.3) is 0 Å². The summed E-state index contributed by atoms with van der Waals surface area (Å²) in [6, 6.07) is 0.267. The van der Waals surface area contributed by atoms with Crippen molar-refractivity contribution in [1.82, 2.24) is 0 Å². The number of nitrogens with two attached hydrogens (primary N) is 1. The predicted molar refractivity (Wildman–Crippen MR) is 56.2 cm³/mol. The molecule has 0 aromatic rings. The molecule has 0 saturated heterocycles. The molecule has 1 unspecified atom stereocenters. The molecule has 3 N–H and O–H groups in total. The van der Waals surface area contributed by atoms with E-state index in [1.54, 1.807) is 0 Å². The molecule has 0 amide bonds. The first kappa shape index (κ1) is 15.2. The molecule has 0 radical (unpaired) electrons. The average molecular weight is 210 g/mol. The fourth-order valence-electron chi connectivity index (χ4n) is 1.20. The van der Waals surface area contributed by atoms with Crippen LogP contribution < -0.4 is 5.73 Å². The Morgan fingerprint density at radius 1 is 1.38 bits per heavy atom. The Balaban J connectivity index is 0. The van der Waals surface area contributed by atoms with Gasteiger partial charge in [-0.05, 0) is 19.3 Å². The van der Waals surface area contributed by atoms with Crippen LogP contribution in [0.3, 0.4) is 0 Å². The number of aliphatic carboxylic acids is 1. The fourth-order valence-corrected chi connectivity index (χ4v) is 1.20. The fraction of sp³-hybridized carbons (Fsp3) is 0.889. The van der Waals surface area contributed by atoms with Gasteiger partial charge in [0, 0.05) is 12.5 Å². The van der Waals surface area contributed by atoms with Gasteiger partial charge in [-0.15, -0.1) is 12.4 Å². The van der Waals surface area contributed by atoms with Crippen LogP contribution in [0.15, 0.2) is 0 Å². The van der Waals surface area contributed by atoms with E-state index in [0.29, 0.717) is 0 Å². The van der Waals surface area contributed by atoms with Crippen LogP contribution in [-0.4, -0.2) is 17.1 Å². The molecular weight excluding hydrogens is 190 g/mol. The largest absolute Gasteiger partial charge is 0.481 e. The van der Waals surface area contributed by atoms with E-state index in [1.165, 1.54) is 0 Å². The van der Waals surface area contributed by atoms with Crippen molar-refractivity contribution in [1.29, 1.82) is 0 Å². The van der Waals surface area contributed by atoms with Crippen molar-refractivity contribution >= 4 is 18.4 Å². The van der Waals surface area contributed by atoms with Crippen LogP contribution in [0.5, 0.6) is 0 Å². The minimum atomic E-state index is -0.709. The molecule has 4 heteroatoms. The molecule has 0 bridgehead atoms. The molecular formula is C9H20ClNO2. The highest BCUT2D eigenvalue weighted by molar-refractivity contribution is 5.85. The lowest BCUT2D eigenvalue weighted by atomic mass is 10.1. The maximum absolute atomic E-state index is 10.1. The molecule has 80 valence electrons. The first-order valence-corrected chi connectivity index (χ1v) is 4.64. The molecule has 0 fully saturated rings. The Morgan fingerprint density at radius 2 is 2.00 bits per heavy atom. The van der Waals surface area contributed by atoms with Crippen molar-refractivity contribution in [3.8, 4) is 0 Å². The second-order valence-electron chi connectivity index (χ2n) is 3.19. The molecule has 0 aliphatic rings. The lowest BCUT2D eigenvalue weighted by molar-refractivity contribution is -0.137. The smallest absolute Gasteiger partial charge is 0.303 e. The monoisotopic (exact) mass is 209 g/mol. The molecule has 0 aliphatic carbocycles. The van der Waals surface area contributed by atoms with Gasteiger partial charge in [0.2, 0.25) is 0 Å². The highest BCUT2D eigenvalue weighted by Crippen LogP contribution is 2.05. The van der Waals surface area contributed by atoms with Crippen LogP contribution in [-0.2, 0) is 4.79 Å². The highest BCUT2D eigenvalue weighted by Gasteiger charge is 2.01. The first-order chi connectivity index (χ1) is 5.66. The first-order valence-electron chi connectivity index (χ1n) is 4.64. The number of hydrogen-bond donors (Lipinski definition) is 2. The molecule has 0 heterocycles. The zero-order valence-corrected chi connectivity index (χ0v) is 8.98. The second kappa shape index (κ2) is 9.81. The molecule has 0 aromatic heterocycles. The van der Waals surface area contributed by atoms with Gasteiger partial charge in [0.25, 0.3) is 0 Å². The number of hydrogen-bond acceptors (Lipinski definition) is 2. The third-order valence-corrected chi connectivity index (χ3v) is 1.88. The number of halogens is 1. The van der Waals surface area contributed by atoms with E-state index >= 15 is 0 Å². The number of carboxylic acids is 1. The average Bonchev–Trinajstić information content (AvgIpc) is 1.98. The van der Waals surface area contributed by atoms with E-state index in [4.69, 9.17) is 10.8 Å². The van der Waals surface area contributed by atoms with Crippen molar-refractivity contribution in [2.75, 3.05) is 0 Å². The molecule has 1 atom stereocenters. The lowest BCUT2D eigenvalue weighted by Gasteiger charge is -2.08. The topological polar surface area (TPSA) is 63.3 Å². The van der Waals surface area contributed by atoms with Gasteiger partial charge in [0.15, 0.2) is 0 Å². The van der Waals surface area contributed by atoms with Crippen LogP contribution in [0.2, 0.25) is 0 Å². The van der Waals surface area contributed by atoms with Gasteiger partial charge in [0.1, 0.15) is 0 Å². The molecule has 13 heavy (non-hydrogen) atoms.